The number of halogens is 1. The van der Waals surface area contributed by atoms with Crippen LogP contribution < -0.4 is 0 Å². The Morgan fingerprint density at radius 3 is 2.77 bits per heavy atom. The monoisotopic (exact) mass is 362 g/mol. The van der Waals surface area contributed by atoms with Gasteiger partial charge in [0.1, 0.15) is 12.4 Å². The zero-order chi connectivity index (χ0) is 15.1. The first-order valence-corrected chi connectivity index (χ1v) is 8.89. The topological polar surface area (TPSA) is 9.23 Å². The molecule has 22 heavy (non-hydrogen) atoms. The molecule has 2 aliphatic rings. The van der Waals surface area contributed by atoms with Crippen LogP contribution in [0.5, 0.6) is 0 Å². The molecule has 0 saturated heterocycles. The molecule has 1 heterocycles. The first-order chi connectivity index (χ1) is 10.4. The van der Waals surface area contributed by atoms with E-state index in [1.54, 1.807) is 0 Å². The van der Waals surface area contributed by atoms with Crippen LogP contribution >= 0.6 is 15.9 Å². The summed E-state index contributed by atoms with van der Waals surface area (Å²) in [4.78, 5) is 0. The van der Waals surface area contributed by atoms with Gasteiger partial charge in [-0.15, -0.1) is 0 Å². The highest BCUT2D eigenvalue weighted by atomic mass is 79.9. The summed E-state index contributed by atoms with van der Waals surface area (Å²) in [6.07, 6.45) is 9.94. The number of alkyl halides is 1. The first kappa shape index (κ1) is 18.8. The molecule has 1 aliphatic heterocycles. The zero-order valence-electron chi connectivity index (χ0n) is 12.9. The van der Waals surface area contributed by atoms with Crippen molar-refractivity contribution < 1.29 is 4.74 Å². The highest BCUT2D eigenvalue weighted by Gasteiger charge is 2.21. The summed E-state index contributed by atoms with van der Waals surface area (Å²) in [6.45, 7) is 4.69. The molecular weight excluding hydrogens is 336 g/mol. The van der Waals surface area contributed by atoms with Crippen LogP contribution in [0, 0.1) is 0 Å². The van der Waals surface area contributed by atoms with Crippen molar-refractivity contribution in [1.29, 1.82) is 0 Å². The molecule has 0 radical (unpaired) electrons. The molecule has 1 aromatic carbocycles. The van der Waals surface area contributed by atoms with Crippen LogP contribution in [-0.2, 0) is 11.3 Å². The number of hydrogen-bond donors (Lipinski definition) is 0. The van der Waals surface area contributed by atoms with Crippen molar-refractivity contribution in [3.8, 4) is 0 Å². The van der Waals surface area contributed by atoms with Crippen LogP contribution in [0.25, 0.3) is 5.57 Å². The van der Waals surface area contributed by atoms with Crippen molar-refractivity contribution in [3.63, 3.8) is 0 Å². The summed E-state index contributed by atoms with van der Waals surface area (Å²) >= 11 is 3.51. The number of benzene rings is 1. The van der Waals surface area contributed by atoms with Crippen LogP contribution in [0.2, 0.25) is 0 Å². The average Bonchev–Trinajstić information content (AvgIpc) is 2.72. The normalized spacial score (nSPS) is 17.3. The molecule has 0 saturated carbocycles. The SMILES string of the molecule is BrCC/C=C1\C2=C(CCC=C2)OCc2ccccc21.C.CC. The second kappa shape index (κ2) is 9.68. The minimum absolute atomic E-state index is 0. The second-order valence-electron chi connectivity index (χ2n) is 4.82. The predicted molar refractivity (Wildman–Crippen MR) is 101 cm³/mol. The Hall–Kier alpha value is -1.28. The summed E-state index contributed by atoms with van der Waals surface area (Å²) < 4.78 is 6.02. The Morgan fingerprint density at radius 2 is 2.00 bits per heavy atom. The van der Waals surface area contributed by atoms with Crippen molar-refractivity contribution >= 4 is 21.5 Å². The standard InChI is InChI=1S/C17H17BrO.C2H6.CH4/c18-11-5-9-15-14-7-2-1-6-13(14)12-19-17-10-4-3-8-16(15)17;1-2;/h1-3,6-9H,4-5,10-12H2;1-2H3;1H4/b15-9-;;. The Bertz CT molecular complexity index is 567. The summed E-state index contributed by atoms with van der Waals surface area (Å²) in [5.74, 6) is 1.15. The summed E-state index contributed by atoms with van der Waals surface area (Å²) in [6, 6.07) is 8.57. The van der Waals surface area contributed by atoms with Crippen LogP contribution in [0.15, 0.2) is 53.8 Å². The molecule has 120 valence electrons. The largest absolute Gasteiger partial charge is 0.493 e. The number of hydrogen-bond acceptors (Lipinski definition) is 1. The van der Waals surface area contributed by atoms with Gasteiger partial charge < -0.3 is 4.74 Å². The van der Waals surface area contributed by atoms with E-state index in [-0.39, 0.29) is 7.43 Å². The maximum atomic E-state index is 6.02. The lowest BCUT2D eigenvalue weighted by Crippen LogP contribution is -1.98. The van der Waals surface area contributed by atoms with Gasteiger partial charge in [-0.3, -0.25) is 0 Å². The average molecular weight is 363 g/mol. The second-order valence-corrected chi connectivity index (χ2v) is 5.61. The van der Waals surface area contributed by atoms with Gasteiger partial charge in [0.25, 0.3) is 0 Å². The molecule has 0 atom stereocenters. The molecule has 0 aromatic heterocycles. The quantitative estimate of drug-likeness (QED) is 0.535. The third-order valence-corrected chi connectivity index (χ3v) is 4.04. The van der Waals surface area contributed by atoms with E-state index in [1.807, 2.05) is 13.8 Å². The number of allylic oxidation sites excluding steroid dienone is 6. The van der Waals surface area contributed by atoms with Gasteiger partial charge in [-0.2, -0.15) is 0 Å². The minimum Gasteiger partial charge on any atom is -0.493 e. The maximum absolute atomic E-state index is 6.02. The molecule has 0 fully saturated rings. The lowest BCUT2D eigenvalue weighted by atomic mass is 9.90. The third kappa shape index (κ3) is 4.13. The fourth-order valence-corrected chi connectivity index (χ4v) is 2.90. The number of rotatable bonds is 2. The van der Waals surface area contributed by atoms with E-state index in [9.17, 15) is 0 Å². The Morgan fingerprint density at radius 1 is 1.23 bits per heavy atom. The molecule has 0 bridgehead atoms. The van der Waals surface area contributed by atoms with E-state index in [4.69, 9.17) is 4.74 Å². The first-order valence-electron chi connectivity index (χ1n) is 7.77. The van der Waals surface area contributed by atoms with Gasteiger partial charge in [0.15, 0.2) is 0 Å². The Balaban J connectivity index is 0.000000775. The van der Waals surface area contributed by atoms with Crippen LogP contribution in [-0.4, -0.2) is 5.33 Å². The highest BCUT2D eigenvalue weighted by molar-refractivity contribution is 9.09. The van der Waals surface area contributed by atoms with E-state index < -0.39 is 0 Å². The van der Waals surface area contributed by atoms with Crippen molar-refractivity contribution in [3.05, 3.63) is 65.0 Å². The van der Waals surface area contributed by atoms with E-state index in [1.165, 1.54) is 22.3 Å². The molecule has 0 amide bonds. The van der Waals surface area contributed by atoms with E-state index in [0.717, 1.165) is 30.4 Å². The summed E-state index contributed by atoms with van der Waals surface area (Å²) in [5, 5.41) is 0.992. The van der Waals surface area contributed by atoms with E-state index >= 15 is 0 Å². The van der Waals surface area contributed by atoms with E-state index in [2.05, 4.69) is 58.4 Å². The smallest absolute Gasteiger partial charge is 0.113 e. The van der Waals surface area contributed by atoms with Crippen molar-refractivity contribution in [2.45, 2.75) is 47.1 Å². The Kier molecular flexibility index (Phi) is 8.26. The van der Waals surface area contributed by atoms with Gasteiger partial charge in [-0.1, -0.05) is 79.7 Å². The Labute approximate surface area is 143 Å². The summed E-state index contributed by atoms with van der Waals surface area (Å²) in [5.41, 5.74) is 5.21. The van der Waals surface area contributed by atoms with Gasteiger partial charge in [0, 0.05) is 17.3 Å². The zero-order valence-corrected chi connectivity index (χ0v) is 14.4. The lowest BCUT2D eigenvalue weighted by molar-refractivity contribution is 0.188. The van der Waals surface area contributed by atoms with E-state index in [0.29, 0.717) is 6.61 Å². The fraction of sp³-hybridized carbons (Fsp3) is 0.400. The number of fused-ring (bicyclic) bond motifs is 1. The van der Waals surface area contributed by atoms with Gasteiger partial charge >= 0.3 is 0 Å². The van der Waals surface area contributed by atoms with Gasteiger partial charge in [0.05, 0.1) is 0 Å². The maximum Gasteiger partial charge on any atom is 0.113 e. The van der Waals surface area contributed by atoms with Crippen molar-refractivity contribution in [2.75, 3.05) is 5.33 Å². The molecular formula is C20H27BrO. The van der Waals surface area contributed by atoms with Crippen LogP contribution in [0.3, 0.4) is 0 Å². The van der Waals surface area contributed by atoms with Crippen LogP contribution in [0.4, 0.5) is 0 Å². The molecule has 1 aromatic rings. The fourth-order valence-electron chi connectivity index (χ4n) is 2.67. The molecule has 1 aliphatic carbocycles. The molecule has 0 spiro atoms. The third-order valence-electron chi connectivity index (χ3n) is 3.58. The lowest BCUT2D eigenvalue weighted by Gasteiger charge is -2.15. The van der Waals surface area contributed by atoms with Gasteiger partial charge in [0.2, 0.25) is 0 Å². The van der Waals surface area contributed by atoms with Gasteiger partial charge in [-0.25, -0.2) is 0 Å². The number of ether oxygens (including phenoxy) is 1. The molecule has 0 N–H and O–H groups in total. The molecule has 1 nitrogen and oxygen atoms in total. The van der Waals surface area contributed by atoms with Crippen molar-refractivity contribution in [1.82, 2.24) is 0 Å². The van der Waals surface area contributed by atoms with Crippen molar-refractivity contribution in [2.24, 2.45) is 0 Å². The summed E-state index contributed by atoms with van der Waals surface area (Å²) in [7, 11) is 0. The predicted octanol–water partition coefficient (Wildman–Crippen LogP) is 6.65. The van der Waals surface area contributed by atoms with Crippen LogP contribution in [0.1, 0.15) is 51.7 Å². The van der Waals surface area contributed by atoms with Gasteiger partial charge in [-0.05, 0) is 29.5 Å². The molecule has 0 unspecified atom stereocenters. The molecule has 3 rings (SSSR count). The highest BCUT2D eigenvalue weighted by Crippen LogP contribution is 2.37. The minimum atomic E-state index is 0. The molecule has 2 heteroatoms.